The van der Waals surface area contributed by atoms with E-state index >= 15 is 0 Å². The SMILES string of the molecule is C=C[C@@H]1Cc2ccccc2/C1=C\C. The van der Waals surface area contributed by atoms with Gasteiger partial charge in [-0.1, -0.05) is 36.4 Å². The largest absolute Gasteiger partial charge is 0.102 e. The average Bonchev–Trinajstić information content (AvgIpc) is 2.55. The Labute approximate surface area is 79.6 Å². The highest BCUT2D eigenvalue weighted by Gasteiger charge is 2.22. The third-order valence-electron chi connectivity index (χ3n) is 2.76. The van der Waals surface area contributed by atoms with Crippen molar-refractivity contribution in [1.29, 1.82) is 0 Å². The molecule has 66 valence electrons. The standard InChI is InChI=1S/C13H14/c1-3-10-9-11-7-5-6-8-13(11)12(10)4-2/h3-8,10H,1,9H2,2H3/b12-4-/t10-/m1/s1. The number of fused-ring (bicyclic) bond motifs is 1. The zero-order valence-corrected chi connectivity index (χ0v) is 7.96. The predicted molar refractivity (Wildman–Crippen MR) is 57.5 cm³/mol. The lowest BCUT2D eigenvalue weighted by atomic mass is 10.0. The summed E-state index contributed by atoms with van der Waals surface area (Å²) in [6, 6.07) is 8.63. The molecule has 0 spiro atoms. The molecule has 1 aromatic rings. The monoisotopic (exact) mass is 170 g/mol. The fraction of sp³-hybridized carbons (Fsp3) is 0.231. The maximum Gasteiger partial charge on any atom is 0.00586 e. The first-order chi connectivity index (χ1) is 6.36. The van der Waals surface area contributed by atoms with Crippen LogP contribution in [0, 0.1) is 5.92 Å². The van der Waals surface area contributed by atoms with Crippen LogP contribution < -0.4 is 0 Å². The molecule has 0 heteroatoms. The maximum absolute atomic E-state index is 3.88. The van der Waals surface area contributed by atoms with Gasteiger partial charge in [-0.3, -0.25) is 0 Å². The highest BCUT2D eigenvalue weighted by atomic mass is 14.3. The summed E-state index contributed by atoms with van der Waals surface area (Å²) in [7, 11) is 0. The molecule has 0 aliphatic heterocycles. The summed E-state index contributed by atoms with van der Waals surface area (Å²) >= 11 is 0. The summed E-state index contributed by atoms with van der Waals surface area (Å²) in [5.41, 5.74) is 4.31. The molecule has 1 atom stereocenters. The Bertz CT molecular complexity index is 358. The molecule has 0 N–H and O–H groups in total. The summed E-state index contributed by atoms with van der Waals surface area (Å²) < 4.78 is 0. The fourth-order valence-corrected chi connectivity index (χ4v) is 2.11. The Balaban J connectivity index is 2.52. The van der Waals surface area contributed by atoms with Gasteiger partial charge in [0.05, 0.1) is 0 Å². The second kappa shape index (κ2) is 3.21. The first-order valence-electron chi connectivity index (χ1n) is 4.74. The van der Waals surface area contributed by atoms with Crippen LogP contribution in [-0.4, -0.2) is 0 Å². The molecule has 0 heterocycles. The van der Waals surface area contributed by atoms with Crippen molar-refractivity contribution in [3.63, 3.8) is 0 Å². The third kappa shape index (κ3) is 1.23. The second-order valence-corrected chi connectivity index (χ2v) is 3.45. The van der Waals surface area contributed by atoms with E-state index in [0.717, 1.165) is 6.42 Å². The molecule has 0 saturated heterocycles. The molecular formula is C13H14. The van der Waals surface area contributed by atoms with Crippen molar-refractivity contribution < 1.29 is 0 Å². The molecule has 13 heavy (non-hydrogen) atoms. The van der Waals surface area contributed by atoms with Crippen LogP contribution in [-0.2, 0) is 6.42 Å². The number of rotatable bonds is 1. The van der Waals surface area contributed by atoms with Gasteiger partial charge >= 0.3 is 0 Å². The highest BCUT2D eigenvalue weighted by molar-refractivity contribution is 5.75. The van der Waals surface area contributed by atoms with E-state index < -0.39 is 0 Å². The molecule has 0 fully saturated rings. The van der Waals surface area contributed by atoms with Crippen molar-refractivity contribution >= 4 is 5.57 Å². The first kappa shape index (κ1) is 8.31. The lowest BCUT2D eigenvalue weighted by Crippen LogP contribution is -1.91. The van der Waals surface area contributed by atoms with E-state index in [1.54, 1.807) is 0 Å². The van der Waals surface area contributed by atoms with Gasteiger partial charge in [0.2, 0.25) is 0 Å². The van der Waals surface area contributed by atoms with Crippen LogP contribution in [0.25, 0.3) is 5.57 Å². The van der Waals surface area contributed by atoms with Crippen LogP contribution in [0.5, 0.6) is 0 Å². The Kier molecular flexibility index (Phi) is 2.05. The van der Waals surface area contributed by atoms with Gasteiger partial charge in [0, 0.05) is 5.92 Å². The maximum atomic E-state index is 3.88. The molecule has 0 aromatic heterocycles. The number of allylic oxidation sites excluding steroid dienone is 3. The van der Waals surface area contributed by atoms with Crippen molar-refractivity contribution in [3.8, 4) is 0 Å². The molecular weight excluding hydrogens is 156 g/mol. The fourth-order valence-electron chi connectivity index (χ4n) is 2.11. The lowest BCUT2D eigenvalue weighted by Gasteiger charge is -2.04. The minimum absolute atomic E-state index is 0.530. The number of hydrogen-bond acceptors (Lipinski definition) is 0. The number of hydrogen-bond donors (Lipinski definition) is 0. The predicted octanol–water partition coefficient (Wildman–Crippen LogP) is 3.45. The minimum atomic E-state index is 0.530. The highest BCUT2D eigenvalue weighted by Crippen LogP contribution is 2.37. The number of benzene rings is 1. The Morgan fingerprint density at radius 2 is 2.15 bits per heavy atom. The molecule has 0 bridgehead atoms. The van der Waals surface area contributed by atoms with Gasteiger partial charge in [0.15, 0.2) is 0 Å². The van der Waals surface area contributed by atoms with Crippen LogP contribution in [0.15, 0.2) is 43.0 Å². The van der Waals surface area contributed by atoms with Crippen molar-refractivity contribution in [2.24, 2.45) is 5.92 Å². The Morgan fingerprint density at radius 1 is 1.38 bits per heavy atom. The Hall–Kier alpha value is -1.30. The van der Waals surface area contributed by atoms with Gasteiger partial charge in [-0.15, -0.1) is 6.58 Å². The average molecular weight is 170 g/mol. The second-order valence-electron chi connectivity index (χ2n) is 3.45. The van der Waals surface area contributed by atoms with E-state index in [2.05, 4.69) is 49.9 Å². The molecule has 2 rings (SSSR count). The van der Waals surface area contributed by atoms with Crippen LogP contribution >= 0.6 is 0 Å². The molecule has 0 unspecified atom stereocenters. The Morgan fingerprint density at radius 3 is 2.85 bits per heavy atom. The van der Waals surface area contributed by atoms with Gasteiger partial charge in [-0.2, -0.15) is 0 Å². The van der Waals surface area contributed by atoms with Crippen LogP contribution in [0.2, 0.25) is 0 Å². The molecule has 0 saturated carbocycles. The van der Waals surface area contributed by atoms with E-state index in [4.69, 9.17) is 0 Å². The van der Waals surface area contributed by atoms with Gasteiger partial charge in [-0.25, -0.2) is 0 Å². The smallest absolute Gasteiger partial charge is 0.00586 e. The molecule has 1 aromatic carbocycles. The van der Waals surface area contributed by atoms with Crippen molar-refractivity contribution in [2.45, 2.75) is 13.3 Å². The summed E-state index contributed by atoms with van der Waals surface area (Å²) in [6.07, 6.45) is 5.38. The summed E-state index contributed by atoms with van der Waals surface area (Å²) in [5.74, 6) is 0.530. The van der Waals surface area contributed by atoms with Crippen molar-refractivity contribution in [3.05, 3.63) is 54.1 Å². The minimum Gasteiger partial charge on any atom is -0.102 e. The summed E-state index contributed by atoms with van der Waals surface area (Å²) in [5, 5.41) is 0. The normalized spacial score (nSPS) is 23.2. The van der Waals surface area contributed by atoms with Crippen LogP contribution in [0.4, 0.5) is 0 Å². The topological polar surface area (TPSA) is 0 Å². The third-order valence-corrected chi connectivity index (χ3v) is 2.76. The van der Waals surface area contributed by atoms with Gasteiger partial charge in [0.25, 0.3) is 0 Å². The lowest BCUT2D eigenvalue weighted by molar-refractivity contribution is 0.871. The van der Waals surface area contributed by atoms with Gasteiger partial charge in [-0.05, 0) is 30.0 Å². The van der Waals surface area contributed by atoms with Crippen LogP contribution in [0.1, 0.15) is 18.1 Å². The van der Waals surface area contributed by atoms with E-state index in [-0.39, 0.29) is 0 Å². The quantitative estimate of drug-likeness (QED) is 0.566. The first-order valence-corrected chi connectivity index (χ1v) is 4.74. The molecule has 0 amide bonds. The van der Waals surface area contributed by atoms with Crippen molar-refractivity contribution in [1.82, 2.24) is 0 Å². The molecule has 0 radical (unpaired) electrons. The van der Waals surface area contributed by atoms with E-state index in [9.17, 15) is 0 Å². The molecule has 0 nitrogen and oxygen atoms in total. The van der Waals surface area contributed by atoms with Gasteiger partial charge < -0.3 is 0 Å². The van der Waals surface area contributed by atoms with E-state index in [1.807, 2.05) is 0 Å². The summed E-state index contributed by atoms with van der Waals surface area (Å²) in [4.78, 5) is 0. The zero-order chi connectivity index (χ0) is 9.26. The molecule has 1 aliphatic rings. The molecule has 1 aliphatic carbocycles. The van der Waals surface area contributed by atoms with Crippen molar-refractivity contribution in [2.75, 3.05) is 0 Å². The van der Waals surface area contributed by atoms with Crippen LogP contribution in [0.3, 0.4) is 0 Å². The van der Waals surface area contributed by atoms with E-state index in [0.29, 0.717) is 5.92 Å². The van der Waals surface area contributed by atoms with Gasteiger partial charge in [0.1, 0.15) is 0 Å². The van der Waals surface area contributed by atoms with E-state index in [1.165, 1.54) is 16.7 Å². The zero-order valence-electron chi connectivity index (χ0n) is 7.96. The summed E-state index contributed by atoms with van der Waals surface area (Å²) in [6.45, 7) is 5.99.